The van der Waals surface area contributed by atoms with Gasteiger partial charge in [0, 0.05) is 12.8 Å². The van der Waals surface area contributed by atoms with Gasteiger partial charge in [-0.3, -0.25) is 4.99 Å². The van der Waals surface area contributed by atoms with E-state index in [1.165, 1.54) is 5.57 Å². The van der Waals surface area contributed by atoms with Gasteiger partial charge >= 0.3 is 0 Å². The first-order valence-electron chi connectivity index (χ1n) is 4.11. The predicted octanol–water partition coefficient (Wildman–Crippen LogP) is 2.45. The number of nitrogens with zero attached hydrogens (tertiary/aromatic N) is 1. The van der Waals surface area contributed by atoms with E-state index in [4.69, 9.17) is 4.42 Å². The lowest BCUT2D eigenvalue weighted by atomic mass is 10.2. The van der Waals surface area contributed by atoms with Crippen LogP contribution in [0.2, 0.25) is 0 Å². The Kier molecular flexibility index (Phi) is 1.82. The first kappa shape index (κ1) is 7.35. The van der Waals surface area contributed by atoms with E-state index in [0.717, 1.165) is 24.5 Å². The van der Waals surface area contributed by atoms with Crippen LogP contribution in [-0.2, 0) is 0 Å². The summed E-state index contributed by atoms with van der Waals surface area (Å²) in [5, 5.41) is 0. The quantitative estimate of drug-likeness (QED) is 0.621. The minimum atomic E-state index is 0.922. The molecule has 0 saturated heterocycles. The van der Waals surface area contributed by atoms with Crippen molar-refractivity contribution in [2.45, 2.75) is 13.3 Å². The highest BCUT2D eigenvalue weighted by atomic mass is 16.3. The molecule has 2 rings (SSSR count). The molecule has 0 N–H and O–H groups in total. The van der Waals surface area contributed by atoms with Gasteiger partial charge in [0.2, 0.25) is 0 Å². The molecule has 2 heterocycles. The minimum Gasteiger partial charge on any atom is -0.462 e. The maximum absolute atomic E-state index is 5.41. The Morgan fingerprint density at radius 1 is 1.50 bits per heavy atom. The van der Waals surface area contributed by atoms with Crippen molar-refractivity contribution in [3.8, 4) is 0 Å². The summed E-state index contributed by atoms with van der Waals surface area (Å²) in [6.45, 7) is 2.87. The van der Waals surface area contributed by atoms with Crippen molar-refractivity contribution >= 4 is 12.3 Å². The zero-order valence-electron chi connectivity index (χ0n) is 7.08. The van der Waals surface area contributed by atoms with Gasteiger partial charge in [0.25, 0.3) is 0 Å². The molecule has 62 valence electrons. The van der Waals surface area contributed by atoms with E-state index < -0.39 is 0 Å². The summed E-state index contributed by atoms with van der Waals surface area (Å²) >= 11 is 0. The van der Waals surface area contributed by atoms with Crippen LogP contribution in [0.1, 0.15) is 17.9 Å². The highest BCUT2D eigenvalue weighted by Crippen LogP contribution is 2.14. The van der Waals surface area contributed by atoms with Gasteiger partial charge in [0.05, 0.1) is 0 Å². The third kappa shape index (κ3) is 1.47. The molecule has 0 amide bonds. The van der Waals surface area contributed by atoms with Crippen molar-refractivity contribution in [3.63, 3.8) is 0 Å². The van der Waals surface area contributed by atoms with Crippen LogP contribution in [0, 0.1) is 6.92 Å². The van der Waals surface area contributed by atoms with Crippen LogP contribution in [0.3, 0.4) is 0 Å². The molecule has 0 spiro atoms. The molecule has 1 aliphatic heterocycles. The van der Waals surface area contributed by atoms with Crippen LogP contribution < -0.4 is 0 Å². The van der Waals surface area contributed by atoms with Crippen LogP contribution >= 0.6 is 0 Å². The van der Waals surface area contributed by atoms with Gasteiger partial charge in [-0.25, -0.2) is 0 Å². The van der Waals surface area contributed by atoms with Gasteiger partial charge in [-0.2, -0.15) is 0 Å². The van der Waals surface area contributed by atoms with Crippen molar-refractivity contribution in [3.05, 3.63) is 29.2 Å². The number of hydrogen-bond donors (Lipinski definition) is 0. The average molecular weight is 161 g/mol. The summed E-state index contributed by atoms with van der Waals surface area (Å²) in [5.74, 6) is 1.88. The molecule has 0 bridgehead atoms. The molecule has 0 atom stereocenters. The Morgan fingerprint density at radius 3 is 3.00 bits per heavy atom. The summed E-state index contributed by atoms with van der Waals surface area (Å²) in [6.07, 6.45) is 5.00. The zero-order chi connectivity index (χ0) is 8.39. The summed E-state index contributed by atoms with van der Waals surface area (Å²) in [7, 11) is 0. The summed E-state index contributed by atoms with van der Waals surface area (Å²) < 4.78 is 5.41. The van der Waals surface area contributed by atoms with Crippen LogP contribution in [0.15, 0.2) is 27.1 Å². The van der Waals surface area contributed by atoms with Gasteiger partial charge < -0.3 is 4.42 Å². The fraction of sp³-hybridized carbons (Fsp3) is 0.300. The zero-order valence-corrected chi connectivity index (χ0v) is 7.08. The molecule has 2 nitrogen and oxygen atoms in total. The highest BCUT2D eigenvalue weighted by Gasteiger charge is 2.01. The first-order chi connectivity index (χ1) is 5.84. The lowest BCUT2D eigenvalue weighted by Crippen LogP contribution is -1.76. The Labute approximate surface area is 71.6 Å². The van der Waals surface area contributed by atoms with E-state index in [-0.39, 0.29) is 0 Å². The highest BCUT2D eigenvalue weighted by molar-refractivity contribution is 5.86. The van der Waals surface area contributed by atoms with Crippen LogP contribution in [-0.4, -0.2) is 12.8 Å². The third-order valence-corrected chi connectivity index (χ3v) is 1.88. The monoisotopic (exact) mass is 161 g/mol. The standard InChI is InChI=1S/C10H11NO/c1-8-2-3-10(12-8)6-9-4-5-11-7-9/h2-3,6-7H,4-5H2,1H3/b9-6+. The van der Waals surface area contributed by atoms with Crippen molar-refractivity contribution in [2.24, 2.45) is 4.99 Å². The normalized spacial score (nSPS) is 19.2. The van der Waals surface area contributed by atoms with Crippen LogP contribution in [0.25, 0.3) is 6.08 Å². The Bertz CT molecular complexity index is 333. The maximum atomic E-state index is 5.41. The van der Waals surface area contributed by atoms with E-state index in [9.17, 15) is 0 Å². The van der Waals surface area contributed by atoms with E-state index in [2.05, 4.69) is 4.99 Å². The van der Waals surface area contributed by atoms with Crippen molar-refractivity contribution in [2.75, 3.05) is 6.54 Å². The molecule has 0 fully saturated rings. The Morgan fingerprint density at radius 2 is 2.42 bits per heavy atom. The summed E-state index contributed by atoms with van der Waals surface area (Å²) in [6, 6.07) is 3.95. The van der Waals surface area contributed by atoms with Gasteiger partial charge in [-0.15, -0.1) is 0 Å². The lowest BCUT2D eigenvalue weighted by Gasteiger charge is -1.88. The molecular formula is C10H11NO. The summed E-state index contributed by atoms with van der Waals surface area (Å²) in [4.78, 5) is 4.13. The molecule has 0 aliphatic carbocycles. The molecule has 0 radical (unpaired) electrons. The molecule has 12 heavy (non-hydrogen) atoms. The largest absolute Gasteiger partial charge is 0.462 e. The van der Waals surface area contributed by atoms with E-state index in [1.54, 1.807) is 0 Å². The molecule has 0 unspecified atom stereocenters. The SMILES string of the molecule is Cc1ccc(/C=C2/C=NCC2)o1. The topological polar surface area (TPSA) is 25.5 Å². The van der Waals surface area contributed by atoms with E-state index in [1.807, 2.05) is 31.3 Å². The number of furan rings is 1. The second kappa shape index (κ2) is 2.97. The van der Waals surface area contributed by atoms with E-state index in [0.29, 0.717) is 0 Å². The Balaban J connectivity index is 2.21. The summed E-state index contributed by atoms with van der Waals surface area (Å²) in [5.41, 5.74) is 1.25. The fourth-order valence-electron chi connectivity index (χ4n) is 1.26. The van der Waals surface area contributed by atoms with Crippen LogP contribution in [0.5, 0.6) is 0 Å². The molecule has 1 aliphatic rings. The van der Waals surface area contributed by atoms with Gasteiger partial charge in [-0.1, -0.05) is 0 Å². The van der Waals surface area contributed by atoms with Gasteiger partial charge in [0.1, 0.15) is 11.5 Å². The Hall–Kier alpha value is -1.31. The smallest absolute Gasteiger partial charge is 0.127 e. The number of hydrogen-bond acceptors (Lipinski definition) is 2. The minimum absolute atomic E-state index is 0.922. The molecule has 1 aromatic heterocycles. The fourth-order valence-corrected chi connectivity index (χ4v) is 1.26. The average Bonchev–Trinajstić information content (AvgIpc) is 2.63. The number of aliphatic imine (C=N–C) groups is 1. The van der Waals surface area contributed by atoms with Crippen molar-refractivity contribution < 1.29 is 4.42 Å². The van der Waals surface area contributed by atoms with Gasteiger partial charge in [-0.05, 0) is 37.1 Å². The molecule has 0 aromatic carbocycles. The van der Waals surface area contributed by atoms with Crippen molar-refractivity contribution in [1.82, 2.24) is 0 Å². The maximum Gasteiger partial charge on any atom is 0.127 e. The third-order valence-electron chi connectivity index (χ3n) is 1.88. The molecular weight excluding hydrogens is 150 g/mol. The van der Waals surface area contributed by atoms with E-state index >= 15 is 0 Å². The molecule has 2 heteroatoms. The lowest BCUT2D eigenvalue weighted by molar-refractivity contribution is 0.525. The number of aryl methyl sites for hydroxylation is 1. The molecule has 1 aromatic rings. The second-order valence-electron chi connectivity index (χ2n) is 2.95. The first-order valence-corrected chi connectivity index (χ1v) is 4.11. The second-order valence-corrected chi connectivity index (χ2v) is 2.95. The van der Waals surface area contributed by atoms with Crippen molar-refractivity contribution in [1.29, 1.82) is 0 Å². The van der Waals surface area contributed by atoms with Crippen LogP contribution in [0.4, 0.5) is 0 Å². The predicted molar refractivity (Wildman–Crippen MR) is 49.4 cm³/mol. The molecule has 0 saturated carbocycles. The number of rotatable bonds is 1. The van der Waals surface area contributed by atoms with Gasteiger partial charge in [0.15, 0.2) is 0 Å².